The maximum absolute atomic E-state index is 13.1. The molecule has 4 N–H and O–H groups in total. The molecular weight excluding hydrogens is 418 g/mol. The average molecular weight is 450 g/mol. The van der Waals surface area contributed by atoms with E-state index in [2.05, 4.69) is 27.0 Å². The van der Waals surface area contributed by atoms with Crippen molar-refractivity contribution in [1.82, 2.24) is 15.6 Å². The summed E-state index contributed by atoms with van der Waals surface area (Å²) in [5, 5.41) is 27.7. The number of hydrogen-bond donors (Lipinski definition) is 4. The largest absolute Gasteiger partial charge is 0.394 e. The fourth-order valence-electron chi connectivity index (χ4n) is 3.28. The lowest BCUT2D eigenvalue weighted by Crippen LogP contribution is -2.38. The van der Waals surface area contributed by atoms with Gasteiger partial charge in [-0.2, -0.15) is 5.26 Å². The fraction of sp³-hybridized carbons (Fsp3) is 0.440. The summed E-state index contributed by atoms with van der Waals surface area (Å²) in [5.74, 6) is -0.245. The fourth-order valence-corrected chi connectivity index (χ4v) is 3.28. The molecule has 0 aliphatic heterocycles. The first-order valence-corrected chi connectivity index (χ1v) is 11.2. The Morgan fingerprint density at radius 3 is 2.61 bits per heavy atom. The summed E-state index contributed by atoms with van der Waals surface area (Å²) in [5.41, 5.74) is 2.50. The number of aryl methyl sites for hydroxylation is 1. The molecule has 1 heterocycles. The number of nitrogens with one attached hydrogen (secondary N) is 3. The van der Waals surface area contributed by atoms with Crippen molar-refractivity contribution in [1.29, 1.82) is 5.26 Å². The van der Waals surface area contributed by atoms with Crippen LogP contribution in [0.2, 0.25) is 0 Å². The molecule has 1 unspecified atom stereocenters. The molecule has 1 atom stereocenters. The highest BCUT2D eigenvalue weighted by Crippen LogP contribution is 2.29. The first-order valence-electron chi connectivity index (χ1n) is 11.2. The van der Waals surface area contributed by atoms with Crippen molar-refractivity contribution in [2.45, 2.75) is 64.6 Å². The number of aromatic nitrogens is 1. The minimum atomic E-state index is -0.709. The van der Waals surface area contributed by atoms with Gasteiger partial charge in [-0.1, -0.05) is 13.0 Å². The quantitative estimate of drug-likeness (QED) is 0.466. The van der Waals surface area contributed by atoms with Crippen molar-refractivity contribution < 1.29 is 14.7 Å². The first kappa shape index (κ1) is 24.2. The van der Waals surface area contributed by atoms with E-state index in [1.54, 1.807) is 38.2 Å². The number of benzene rings is 1. The molecule has 1 saturated carbocycles. The topological polar surface area (TPSA) is 127 Å². The summed E-state index contributed by atoms with van der Waals surface area (Å²) in [6.45, 7) is 7.17. The van der Waals surface area contributed by atoms with Gasteiger partial charge in [0.25, 0.3) is 11.8 Å². The van der Waals surface area contributed by atoms with Crippen LogP contribution in [0.4, 0.5) is 5.82 Å². The number of carbonyl (C=O) groups excluding carboxylic acids is 2. The zero-order chi connectivity index (χ0) is 24.2. The van der Waals surface area contributed by atoms with Crippen LogP contribution < -0.4 is 16.0 Å². The highest BCUT2D eigenvalue weighted by Gasteiger charge is 2.25. The molecule has 33 heavy (non-hydrogen) atoms. The van der Waals surface area contributed by atoms with Crippen LogP contribution >= 0.6 is 0 Å². The number of nitrogens with zero attached hydrogens (tertiary/aromatic N) is 2. The molecule has 2 amide bonds. The Bertz CT molecular complexity index is 1090. The van der Waals surface area contributed by atoms with E-state index < -0.39 is 17.5 Å². The van der Waals surface area contributed by atoms with Crippen LogP contribution in [0.5, 0.6) is 0 Å². The summed E-state index contributed by atoms with van der Waals surface area (Å²) in [4.78, 5) is 30.1. The molecule has 1 aliphatic rings. The molecule has 1 aromatic carbocycles. The predicted molar refractivity (Wildman–Crippen MR) is 127 cm³/mol. The molecule has 3 rings (SSSR count). The normalized spacial score (nSPS) is 14.2. The van der Waals surface area contributed by atoms with E-state index >= 15 is 0 Å². The molecule has 0 bridgehead atoms. The zero-order valence-corrected chi connectivity index (χ0v) is 19.5. The summed E-state index contributed by atoms with van der Waals surface area (Å²) < 4.78 is 0. The minimum Gasteiger partial charge on any atom is -0.394 e. The van der Waals surface area contributed by atoms with Crippen molar-refractivity contribution in [2.75, 3.05) is 11.9 Å². The maximum atomic E-state index is 13.1. The van der Waals surface area contributed by atoms with Crippen LogP contribution in [-0.4, -0.2) is 46.1 Å². The van der Waals surface area contributed by atoms with Crippen LogP contribution in [0.25, 0.3) is 11.1 Å². The van der Waals surface area contributed by atoms with E-state index in [9.17, 15) is 20.0 Å². The van der Waals surface area contributed by atoms with Gasteiger partial charge in [-0.15, -0.1) is 0 Å². The lowest BCUT2D eigenvalue weighted by Gasteiger charge is -2.26. The van der Waals surface area contributed by atoms with Gasteiger partial charge in [-0.05, 0) is 69.4 Å². The van der Waals surface area contributed by atoms with E-state index in [-0.39, 0.29) is 24.1 Å². The van der Waals surface area contributed by atoms with Crippen LogP contribution in [0.1, 0.15) is 66.3 Å². The second-order valence-electron chi connectivity index (χ2n) is 9.13. The molecule has 8 nitrogen and oxygen atoms in total. The first-order chi connectivity index (χ1) is 15.7. The van der Waals surface area contributed by atoms with Gasteiger partial charge < -0.3 is 21.1 Å². The number of aliphatic hydroxyl groups excluding tert-OH is 1. The minimum absolute atomic E-state index is 0.118. The van der Waals surface area contributed by atoms with Crippen LogP contribution in [0, 0.1) is 18.3 Å². The molecule has 8 heteroatoms. The smallest absolute Gasteiger partial charge is 0.256 e. The Labute approximate surface area is 194 Å². The van der Waals surface area contributed by atoms with E-state index in [1.807, 2.05) is 19.9 Å². The summed E-state index contributed by atoms with van der Waals surface area (Å²) >= 11 is 0. The molecule has 0 spiro atoms. The Hall–Kier alpha value is -3.44. The lowest BCUT2D eigenvalue weighted by atomic mass is 9.97. The summed E-state index contributed by atoms with van der Waals surface area (Å²) in [7, 11) is 0. The van der Waals surface area contributed by atoms with Gasteiger partial charge in [0.15, 0.2) is 0 Å². The van der Waals surface area contributed by atoms with Crippen LogP contribution in [-0.2, 0) is 0 Å². The number of aliphatic hydroxyl groups is 1. The SMILES string of the molecule is CCC(C#N)NC(=O)c1cc(-c2cc(C(=O)NC3CC3)ccc2C)cnc1NC(C)(C)CO. The van der Waals surface area contributed by atoms with E-state index in [0.29, 0.717) is 23.4 Å². The third-order valence-corrected chi connectivity index (χ3v) is 5.58. The number of hydrogen-bond acceptors (Lipinski definition) is 6. The average Bonchev–Trinajstić information content (AvgIpc) is 3.61. The maximum Gasteiger partial charge on any atom is 0.256 e. The molecule has 1 aromatic heterocycles. The summed E-state index contributed by atoms with van der Waals surface area (Å²) in [6.07, 6.45) is 4.12. The molecular formula is C25H31N5O3. The van der Waals surface area contributed by atoms with E-state index in [0.717, 1.165) is 24.0 Å². The predicted octanol–water partition coefficient (Wildman–Crippen LogP) is 3.16. The van der Waals surface area contributed by atoms with Crippen molar-refractivity contribution in [3.63, 3.8) is 0 Å². The van der Waals surface area contributed by atoms with Crippen LogP contribution in [0.15, 0.2) is 30.5 Å². The highest BCUT2D eigenvalue weighted by atomic mass is 16.3. The van der Waals surface area contributed by atoms with Gasteiger partial charge >= 0.3 is 0 Å². The number of amides is 2. The molecule has 1 fully saturated rings. The zero-order valence-electron chi connectivity index (χ0n) is 19.5. The number of pyridine rings is 1. The highest BCUT2D eigenvalue weighted by molar-refractivity contribution is 6.01. The van der Waals surface area contributed by atoms with E-state index in [1.165, 1.54) is 0 Å². The monoisotopic (exact) mass is 449 g/mol. The van der Waals surface area contributed by atoms with Crippen molar-refractivity contribution in [3.8, 4) is 17.2 Å². The molecule has 0 saturated heterocycles. The van der Waals surface area contributed by atoms with Crippen molar-refractivity contribution in [3.05, 3.63) is 47.2 Å². The molecule has 2 aromatic rings. The third kappa shape index (κ3) is 6.08. The number of anilines is 1. The molecule has 1 aliphatic carbocycles. The Balaban J connectivity index is 2.01. The van der Waals surface area contributed by atoms with Gasteiger partial charge in [0.2, 0.25) is 0 Å². The van der Waals surface area contributed by atoms with Gasteiger partial charge in [-0.25, -0.2) is 4.98 Å². The molecule has 0 radical (unpaired) electrons. The standard InChI is InChI=1S/C25H31N5O3/c1-5-18(12-26)28-24(33)21-11-17(13-27-22(21)30-25(3,4)14-31)20-10-16(7-6-15(20)2)23(32)29-19-8-9-19/h6-7,10-11,13,18-19,31H,5,8-9,14H2,1-4H3,(H,27,30)(H,28,33)(H,29,32). The van der Waals surface area contributed by atoms with Gasteiger partial charge in [0.05, 0.1) is 23.8 Å². The van der Waals surface area contributed by atoms with Crippen molar-refractivity contribution >= 4 is 17.6 Å². The third-order valence-electron chi connectivity index (χ3n) is 5.58. The second kappa shape index (κ2) is 10.0. The number of nitriles is 1. The Kier molecular flexibility index (Phi) is 7.34. The van der Waals surface area contributed by atoms with Crippen LogP contribution in [0.3, 0.4) is 0 Å². The number of carbonyl (C=O) groups is 2. The Morgan fingerprint density at radius 2 is 2.00 bits per heavy atom. The number of rotatable bonds is 9. The Morgan fingerprint density at radius 1 is 1.27 bits per heavy atom. The second-order valence-corrected chi connectivity index (χ2v) is 9.13. The van der Waals surface area contributed by atoms with Crippen molar-refractivity contribution in [2.24, 2.45) is 0 Å². The van der Waals surface area contributed by atoms with Gasteiger partial charge in [0.1, 0.15) is 11.9 Å². The van der Waals surface area contributed by atoms with Gasteiger partial charge in [-0.3, -0.25) is 9.59 Å². The summed E-state index contributed by atoms with van der Waals surface area (Å²) in [6, 6.07) is 8.87. The van der Waals surface area contributed by atoms with Gasteiger partial charge in [0, 0.05) is 23.4 Å². The molecule has 174 valence electrons. The van der Waals surface area contributed by atoms with E-state index in [4.69, 9.17) is 0 Å². The lowest BCUT2D eigenvalue weighted by molar-refractivity contribution is 0.0939.